The van der Waals surface area contributed by atoms with Crippen LogP contribution in [0, 0.1) is 16.3 Å². The summed E-state index contributed by atoms with van der Waals surface area (Å²) in [5, 5.41) is 3.38. The predicted octanol–water partition coefficient (Wildman–Crippen LogP) is 4.64. The predicted molar refractivity (Wildman–Crippen MR) is 83.3 cm³/mol. The highest BCUT2D eigenvalue weighted by Crippen LogP contribution is 2.23. The number of carbonyl (C=O) groups is 1. The molecule has 1 amide bonds. The summed E-state index contributed by atoms with van der Waals surface area (Å²) in [6, 6.07) is 9.46. The van der Waals surface area contributed by atoms with Crippen LogP contribution >= 0.6 is 34.2 Å². The fourth-order valence-electron chi connectivity index (χ4n) is 1.57. The Morgan fingerprint density at radius 2 is 2.00 bits per heavy atom. The third-order valence-corrected chi connectivity index (χ3v) is 3.73. The molecule has 2 nitrogen and oxygen atoms in total. The lowest BCUT2D eigenvalue weighted by Gasteiger charge is -2.08. The van der Waals surface area contributed by atoms with E-state index in [4.69, 9.17) is 11.6 Å². The van der Waals surface area contributed by atoms with Crippen molar-refractivity contribution in [1.82, 2.24) is 0 Å². The maximum Gasteiger partial charge on any atom is 0.255 e. The molecule has 0 radical (unpaired) electrons. The van der Waals surface area contributed by atoms with Crippen molar-refractivity contribution >= 4 is 45.8 Å². The number of benzene rings is 2. The summed E-state index contributed by atoms with van der Waals surface area (Å²) in [6.45, 7) is 1.62. The lowest BCUT2D eigenvalue weighted by Crippen LogP contribution is -2.13. The van der Waals surface area contributed by atoms with Crippen LogP contribution in [-0.4, -0.2) is 5.91 Å². The summed E-state index contributed by atoms with van der Waals surface area (Å²) in [4.78, 5) is 12.0. The molecule has 0 aliphatic rings. The molecule has 0 spiro atoms. The Bertz CT molecular complexity index is 645. The number of amides is 1. The van der Waals surface area contributed by atoms with Gasteiger partial charge in [-0.15, -0.1) is 0 Å². The quantitative estimate of drug-likeness (QED) is 0.745. The average molecular weight is 390 g/mol. The van der Waals surface area contributed by atoms with E-state index < -0.39 is 0 Å². The average Bonchev–Trinajstić information content (AvgIpc) is 2.36. The Kier molecular flexibility index (Phi) is 4.42. The van der Waals surface area contributed by atoms with Crippen LogP contribution in [0.3, 0.4) is 0 Å². The summed E-state index contributed by atoms with van der Waals surface area (Å²) >= 11 is 7.94. The van der Waals surface area contributed by atoms with Gasteiger partial charge in [-0.05, 0) is 71.5 Å². The van der Waals surface area contributed by atoms with Gasteiger partial charge < -0.3 is 5.32 Å². The molecule has 1 N–H and O–H groups in total. The maximum atomic E-state index is 13.1. The second-order valence-corrected chi connectivity index (χ2v) is 5.64. The third-order valence-electron chi connectivity index (χ3n) is 2.60. The molecule has 2 aromatic rings. The molecule has 98 valence electrons. The number of carbonyl (C=O) groups excluding carboxylic acids is 1. The molecular weight excluding hydrogens is 380 g/mol. The second kappa shape index (κ2) is 5.88. The van der Waals surface area contributed by atoms with Crippen LogP contribution in [0.25, 0.3) is 0 Å². The fraction of sp³-hybridized carbons (Fsp3) is 0.0714. The van der Waals surface area contributed by atoms with E-state index in [0.717, 1.165) is 3.57 Å². The summed E-state index contributed by atoms with van der Waals surface area (Å²) < 4.78 is 14.0. The first-order valence-corrected chi connectivity index (χ1v) is 6.95. The summed E-state index contributed by atoms with van der Waals surface area (Å²) in [7, 11) is 0. The van der Waals surface area contributed by atoms with E-state index in [0.29, 0.717) is 21.8 Å². The van der Waals surface area contributed by atoms with Gasteiger partial charge in [-0.25, -0.2) is 4.39 Å². The molecule has 0 aliphatic carbocycles. The lowest BCUT2D eigenvalue weighted by atomic mass is 10.1. The van der Waals surface area contributed by atoms with E-state index >= 15 is 0 Å². The number of aryl methyl sites for hydroxylation is 1. The largest absolute Gasteiger partial charge is 0.321 e. The molecule has 19 heavy (non-hydrogen) atoms. The topological polar surface area (TPSA) is 29.1 Å². The molecule has 0 heterocycles. The molecule has 2 aromatic carbocycles. The molecule has 5 heteroatoms. The lowest BCUT2D eigenvalue weighted by molar-refractivity contribution is 0.102. The first-order chi connectivity index (χ1) is 8.97. The van der Waals surface area contributed by atoms with E-state index in [2.05, 4.69) is 27.9 Å². The normalized spacial score (nSPS) is 10.3. The van der Waals surface area contributed by atoms with Crippen molar-refractivity contribution in [3.8, 4) is 0 Å². The van der Waals surface area contributed by atoms with Crippen LogP contribution in [0.15, 0.2) is 36.4 Å². The van der Waals surface area contributed by atoms with Crippen LogP contribution in [0.1, 0.15) is 15.9 Å². The fourth-order valence-corrected chi connectivity index (χ4v) is 2.58. The first kappa shape index (κ1) is 14.3. The molecule has 0 fully saturated rings. The second-order valence-electron chi connectivity index (χ2n) is 4.04. The highest BCUT2D eigenvalue weighted by Gasteiger charge is 2.10. The first-order valence-electron chi connectivity index (χ1n) is 5.50. The van der Waals surface area contributed by atoms with Gasteiger partial charge in [-0.1, -0.05) is 11.6 Å². The van der Waals surface area contributed by atoms with Crippen molar-refractivity contribution in [3.05, 3.63) is 61.9 Å². The number of hydrogen-bond acceptors (Lipinski definition) is 1. The molecular formula is C14H10ClFINO. The smallest absolute Gasteiger partial charge is 0.255 e. The molecule has 0 aliphatic heterocycles. The minimum Gasteiger partial charge on any atom is -0.321 e. The molecule has 0 saturated carbocycles. The van der Waals surface area contributed by atoms with Gasteiger partial charge >= 0.3 is 0 Å². The van der Waals surface area contributed by atoms with Gasteiger partial charge in [0.2, 0.25) is 0 Å². The number of nitrogens with one attached hydrogen (secondary N) is 1. The zero-order valence-electron chi connectivity index (χ0n) is 10.0. The summed E-state index contributed by atoms with van der Waals surface area (Å²) in [6.07, 6.45) is 0. The summed E-state index contributed by atoms with van der Waals surface area (Å²) in [5.41, 5.74) is 1.54. The van der Waals surface area contributed by atoms with Crippen LogP contribution in [-0.2, 0) is 0 Å². The van der Waals surface area contributed by atoms with E-state index in [9.17, 15) is 9.18 Å². The van der Waals surface area contributed by atoms with Gasteiger partial charge in [0.25, 0.3) is 5.91 Å². The highest BCUT2D eigenvalue weighted by molar-refractivity contribution is 14.1. The maximum absolute atomic E-state index is 13.1. The van der Waals surface area contributed by atoms with Gasteiger partial charge in [0.15, 0.2) is 0 Å². The van der Waals surface area contributed by atoms with E-state index in [1.54, 1.807) is 25.1 Å². The van der Waals surface area contributed by atoms with Crippen molar-refractivity contribution in [1.29, 1.82) is 0 Å². The minimum absolute atomic E-state index is 0.275. The Morgan fingerprint density at radius 3 is 2.63 bits per heavy atom. The van der Waals surface area contributed by atoms with Crippen LogP contribution in [0.2, 0.25) is 5.02 Å². The molecule has 0 aromatic heterocycles. The SMILES string of the molecule is Cc1cc(C(=O)Nc2ccc(Cl)cc2I)ccc1F. The Balaban J connectivity index is 2.23. The van der Waals surface area contributed by atoms with Crippen LogP contribution in [0.4, 0.5) is 10.1 Å². The number of hydrogen-bond donors (Lipinski definition) is 1. The van der Waals surface area contributed by atoms with Crippen LogP contribution in [0.5, 0.6) is 0 Å². The zero-order chi connectivity index (χ0) is 14.0. The van der Waals surface area contributed by atoms with Gasteiger partial charge in [0.1, 0.15) is 5.82 Å². The molecule has 0 atom stereocenters. The Labute approximate surface area is 129 Å². The summed E-state index contributed by atoms with van der Waals surface area (Å²) in [5.74, 6) is -0.596. The number of rotatable bonds is 2. The highest BCUT2D eigenvalue weighted by atomic mass is 127. The number of halogens is 3. The van der Waals surface area contributed by atoms with Crippen molar-refractivity contribution < 1.29 is 9.18 Å². The van der Waals surface area contributed by atoms with Crippen molar-refractivity contribution in [2.24, 2.45) is 0 Å². The van der Waals surface area contributed by atoms with E-state index in [1.807, 2.05) is 0 Å². The number of anilines is 1. The van der Waals surface area contributed by atoms with Gasteiger partial charge in [0, 0.05) is 14.2 Å². The Morgan fingerprint density at radius 1 is 1.26 bits per heavy atom. The standard InChI is InChI=1S/C14H10ClFINO/c1-8-6-9(2-4-11(8)16)14(19)18-13-5-3-10(15)7-12(13)17/h2-7H,1H3,(H,18,19). The van der Waals surface area contributed by atoms with Crippen molar-refractivity contribution in [3.63, 3.8) is 0 Å². The van der Waals surface area contributed by atoms with Crippen molar-refractivity contribution in [2.75, 3.05) is 5.32 Å². The van der Waals surface area contributed by atoms with Gasteiger partial charge in [-0.2, -0.15) is 0 Å². The molecule has 0 saturated heterocycles. The van der Waals surface area contributed by atoms with Gasteiger partial charge in [-0.3, -0.25) is 4.79 Å². The zero-order valence-corrected chi connectivity index (χ0v) is 12.9. The Hall–Kier alpha value is -1.14. The monoisotopic (exact) mass is 389 g/mol. The van der Waals surface area contributed by atoms with E-state index in [-0.39, 0.29) is 11.7 Å². The molecule has 2 rings (SSSR count). The van der Waals surface area contributed by atoms with Crippen molar-refractivity contribution in [2.45, 2.75) is 6.92 Å². The third kappa shape index (κ3) is 3.45. The molecule has 0 unspecified atom stereocenters. The van der Waals surface area contributed by atoms with Gasteiger partial charge in [0.05, 0.1) is 5.69 Å². The van der Waals surface area contributed by atoms with Crippen LogP contribution < -0.4 is 5.32 Å². The van der Waals surface area contributed by atoms with E-state index in [1.165, 1.54) is 18.2 Å². The minimum atomic E-state index is -0.322. The molecule has 0 bridgehead atoms.